The Morgan fingerprint density at radius 3 is 2.21 bits per heavy atom. The summed E-state index contributed by atoms with van der Waals surface area (Å²) >= 11 is 0. The Kier molecular flexibility index (Phi) is 6.62. The lowest BCUT2D eigenvalue weighted by molar-refractivity contribution is 0.113. The van der Waals surface area contributed by atoms with Gasteiger partial charge in [-0.2, -0.15) is 0 Å². The van der Waals surface area contributed by atoms with Crippen LogP contribution in [0.3, 0.4) is 0 Å². The van der Waals surface area contributed by atoms with Gasteiger partial charge >= 0.3 is 0 Å². The summed E-state index contributed by atoms with van der Waals surface area (Å²) in [5, 5.41) is 0. The molecule has 1 heterocycles. The summed E-state index contributed by atoms with van der Waals surface area (Å²) in [6.07, 6.45) is 0. The van der Waals surface area contributed by atoms with Crippen molar-refractivity contribution in [3.63, 3.8) is 0 Å². The molecule has 1 fully saturated rings. The number of nitrogens with zero attached hydrogens (tertiary/aromatic N) is 3. The summed E-state index contributed by atoms with van der Waals surface area (Å²) < 4.78 is 26.5. The van der Waals surface area contributed by atoms with Crippen LogP contribution in [0.4, 0.5) is 5.69 Å². The first-order valence-corrected chi connectivity index (χ1v) is 10.1. The number of hydrogen-bond acceptors (Lipinski definition) is 5. The standard InChI is InChI=1S/C17H30N4O2S/c1-5-24(22,23)18-14-17(21-12-10-20(4)11-13-21)15-6-8-16(9-7-15)19(2)3/h6-9,17-18H,5,10-14H2,1-4H3. The molecule has 24 heavy (non-hydrogen) atoms. The van der Waals surface area contributed by atoms with Gasteiger partial charge in [-0.15, -0.1) is 0 Å². The number of sulfonamides is 1. The molecule has 0 bridgehead atoms. The first-order valence-electron chi connectivity index (χ1n) is 8.49. The molecule has 1 aromatic rings. The number of likely N-dealkylation sites (N-methyl/N-ethyl adjacent to an activating group) is 1. The van der Waals surface area contributed by atoms with Gasteiger partial charge in [0.15, 0.2) is 0 Å². The predicted octanol–water partition coefficient (Wildman–Crippen LogP) is 0.980. The fourth-order valence-corrected chi connectivity index (χ4v) is 3.51. The van der Waals surface area contributed by atoms with Gasteiger partial charge in [0.2, 0.25) is 10.0 Å². The maximum atomic E-state index is 11.9. The zero-order valence-corrected chi connectivity index (χ0v) is 16.0. The number of piperazine rings is 1. The van der Waals surface area contributed by atoms with Crippen LogP contribution in [0.25, 0.3) is 0 Å². The average molecular weight is 355 g/mol. The van der Waals surface area contributed by atoms with Crippen molar-refractivity contribution in [2.45, 2.75) is 13.0 Å². The number of nitrogens with one attached hydrogen (secondary N) is 1. The number of rotatable bonds is 7. The van der Waals surface area contributed by atoms with Crippen molar-refractivity contribution in [2.75, 3.05) is 64.5 Å². The van der Waals surface area contributed by atoms with Gasteiger partial charge < -0.3 is 9.80 Å². The van der Waals surface area contributed by atoms with E-state index in [0.717, 1.165) is 37.4 Å². The lowest BCUT2D eigenvalue weighted by Crippen LogP contribution is -2.48. The molecule has 1 atom stereocenters. The van der Waals surface area contributed by atoms with E-state index in [1.807, 2.05) is 14.1 Å². The molecule has 6 nitrogen and oxygen atoms in total. The van der Waals surface area contributed by atoms with Crippen LogP contribution in [0.1, 0.15) is 18.5 Å². The van der Waals surface area contributed by atoms with Gasteiger partial charge in [0.1, 0.15) is 0 Å². The van der Waals surface area contributed by atoms with Crippen LogP contribution in [0.2, 0.25) is 0 Å². The molecule has 0 aromatic heterocycles. The van der Waals surface area contributed by atoms with Gasteiger partial charge in [-0.05, 0) is 31.7 Å². The average Bonchev–Trinajstić information content (AvgIpc) is 2.57. The van der Waals surface area contributed by atoms with Crippen molar-refractivity contribution in [1.82, 2.24) is 14.5 Å². The molecule has 0 saturated carbocycles. The quantitative estimate of drug-likeness (QED) is 0.791. The topological polar surface area (TPSA) is 55.9 Å². The molecule has 1 saturated heterocycles. The molecule has 2 rings (SSSR count). The highest BCUT2D eigenvalue weighted by molar-refractivity contribution is 7.89. The van der Waals surface area contributed by atoms with Crippen molar-refractivity contribution in [3.8, 4) is 0 Å². The van der Waals surface area contributed by atoms with Crippen LogP contribution in [0.15, 0.2) is 24.3 Å². The van der Waals surface area contributed by atoms with Crippen LogP contribution < -0.4 is 9.62 Å². The molecule has 1 unspecified atom stereocenters. The fraction of sp³-hybridized carbons (Fsp3) is 0.647. The second kappa shape index (κ2) is 8.29. The highest BCUT2D eigenvalue weighted by Crippen LogP contribution is 2.24. The summed E-state index contributed by atoms with van der Waals surface area (Å²) in [7, 11) is 2.97. The maximum absolute atomic E-state index is 11.9. The molecule has 0 aliphatic carbocycles. The van der Waals surface area contributed by atoms with Crippen LogP contribution in [-0.4, -0.2) is 77.8 Å². The summed E-state index contributed by atoms with van der Waals surface area (Å²) in [6, 6.07) is 8.47. The van der Waals surface area contributed by atoms with Gasteiger partial charge in [0, 0.05) is 58.5 Å². The summed E-state index contributed by atoms with van der Waals surface area (Å²) in [5.41, 5.74) is 2.30. The molecular weight excluding hydrogens is 324 g/mol. The highest BCUT2D eigenvalue weighted by Gasteiger charge is 2.25. The third kappa shape index (κ3) is 5.17. The molecule has 0 spiro atoms. The Balaban J connectivity index is 2.18. The maximum Gasteiger partial charge on any atom is 0.211 e. The van der Waals surface area contributed by atoms with Crippen molar-refractivity contribution < 1.29 is 8.42 Å². The van der Waals surface area contributed by atoms with E-state index in [-0.39, 0.29) is 11.8 Å². The summed E-state index contributed by atoms with van der Waals surface area (Å²) in [4.78, 5) is 6.75. The minimum absolute atomic E-state index is 0.0660. The predicted molar refractivity (Wildman–Crippen MR) is 100 cm³/mol. The van der Waals surface area contributed by atoms with E-state index in [4.69, 9.17) is 0 Å². The first-order chi connectivity index (χ1) is 11.3. The monoisotopic (exact) mass is 354 g/mol. The summed E-state index contributed by atoms with van der Waals surface area (Å²) in [6.45, 7) is 5.99. The molecule has 136 valence electrons. The minimum atomic E-state index is -3.19. The normalized spacial score (nSPS) is 18.5. The molecule has 1 aliphatic rings. The first kappa shape index (κ1) is 19.2. The lowest BCUT2D eigenvalue weighted by atomic mass is 10.0. The highest BCUT2D eigenvalue weighted by atomic mass is 32.2. The van der Waals surface area contributed by atoms with Gasteiger partial charge in [-0.1, -0.05) is 12.1 Å². The Bertz CT molecular complexity index is 608. The summed E-state index contributed by atoms with van der Waals surface area (Å²) in [5.74, 6) is 0.113. The smallest absolute Gasteiger partial charge is 0.211 e. The van der Waals surface area contributed by atoms with E-state index in [1.165, 1.54) is 0 Å². The molecular formula is C17H30N4O2S. The van der Waals surface area contributed by atoms with Crippen molar-refractivity contribution in [1.29, 1.82) is 0 Å². The lowest BCUT2D eigenvalue weighted by Gasteiger charge is -2.38. The van der Waals surface area contributed by atoms with Gasteiger partial charge in [-0.25, -0.2) is 13.1 Å². The second-order valence-electron chi connectivity index (χ2n) is 6.59. The Morgan fingerprint density at radius 1 is 1.12 bits per heavy atom. The van der Waals surface area contributed by atoms with E-state index in [1.54, 1.807) is 6.92 Å². The van der Waals surface area contributed by atoms with Crippen molar-refractivity contribution in [2.24, 2.45) is 0 Å². The molecule has 1 aromatic carbocycles. The molecule has 1 N–H and O–H groups in total. The largest absolute Gasteiger partial charge is 0.378 e. The van der Waals surface area contributed by atoms with E-state index in [0.29, 0.717) is 6.54 Å². The molecule has 0 radical (unpaired) electrons. The molecule has 7 heteroatoms. The zero-order valence-electron chi connectivity index (χ0n) is 15.2. The zero-order chi connectivity index (χ0) is 17.7. The van der Waals surface area contributed by atoms with Gasteiger partial charge in [0.25, 0.3) is 0 Å². The number of hydrogen-bond donors (Lipinski definition) is 1. The van der Waals surface area contributed by atoms with Crippen LogP contribution in [0.5, 0.6) is 0 Å². The number of benzene rings is 1. The number of anilines is 1. The Labute approximate surface area is 146 Å². The molecule has 0 amide bonds. The Morgan fingerprint density at radius 2 is 1.71 bits per heavy atom. The SMILES string of the molecule is CCS(=O)(=O)NCC(c1ccc(N(C)C)cc1)N1CCN(C)CC1. The van der Waals surface area contributed by atoms with E-state index < -0.39 is 10.0 Å². The van der Waals surface area contributed by atoms with E-state index in [2.05, 4.69) is 50.7 Å². The van der Waals surface area contributed by atoms with Crippen molar-refractivity contribution >= 4 is 15.7 Å². The third-order valence-corrected chi connectivity index (χ3v) is 6.02. The Hall–Kier alpha value is -1.15. The van der Waals surface area contributed by atoms with Crippen LogP contribution in [0, 0.1) is 0 Å². The van der Waals surface area contributed by atoms with E-state index in [9.17, 15) is 8.42 Å². The fourth-order valence-electron chi connectivity index (χ4n) is 2.89. The van der Waals surface area contributed by atoms with Gasteiger partial charge in [0.05, 0.1) is 5.75 Å². The van der Waals surface area contributed by atoms with Crippen LogP contribution >= 0.6 is 0 Å². The van der Waals surface area contributed by atoms with Gasteiger partial charge in [-0.3, -0.25) is 4.90 Å². The third-order valence-electron chi connectivity index (χ3n) is 4.65. The minimum Gasteiger partial charge on any atom is -0.378 e. The van der Waals surface area contributed by atoms with Crippen LogP contribution in [-0.2, 0) is 10.0 Å². The van der Waals surface area contributed by atoms with E-state index >= 15 is 0 Å². The van der Waals surface area contributed by atoms with Crippen molar-refractivity contribution in [3.05, 3.63) is 29.8 Å². The molecule has 1 aliphatic heterocycles. The second-order valence-corrected chi connectivity index (χ2v) is 8.69.